The molecule has 1 atom stereocenters. The highest BCUT2D eigenvalue weighted by Gasteiger charge is 2.39. The molecule has 0 saturated carbocycles. The molecule has 21 heavy (non-hydrogen) atoms. The second-order valence-corrected chi connectivity index (χ2v) is 6.96. The molecule has 0 fully saturated rings. The summed E-state index contributed by atoms with van der Waals surface area (Å²) in [5.74, 6) is 0.800. The van der Waals surface area contributed by atoms with Crippen LogP contribution in [0.3, 0.4) is 0 Å². The Kier molecular flexibility index (Phi) is 4.74. The highest BCUT2D eigenvalue weighted by molar-refractivity contribution is 5.21. The Morgan fingerprint density at radius 1 is 1.19 bits per heavy atom. The Hall–Kier alpha value is -1.32. The summed E-state index contributed by atoms with van der Waals surface area (Å²) in [5.41, 5.74) is 0.00144. The first-order valence-electron chi connectivity index (χ1n) is 7.63. The van der Waals surface area contributed by atoms with E-state index >= 15 is 0 Å². The van der Waals surface area contributed by atoms with Gasteiger partial charge in [-0.1, -0.05) is 30.4 Å². The Labute approximate surface area is 128 Å². The topological polar surface area (TPSA) is 32.7 Å². The average Bonchev–Trinajstić information content (AvgIpc) is 2.41. The smallest absolute Gasteiger partial charge is 0.119 e. The minimum atomic E-state index is -0.504. The Balaban J connectivity index is 1.95. The minimum Gasteiger partial charge on any atom is -0.491 e. The van der Waals surface area contributed by atoms with Gasteiger partial charge in [-0.3, -0.25) is 4.90 Å². The predicted octanol–water partition coefficient (Wildman–Crippen LogP) is 3.25. The lowest BCUT2D eigenvalue weighted by Gasteiger charge is -2.50. The fourth-order valence-corrected chi connectivity index (χ4v) is 3.07. The fraction of sp³-hybridized carbons (Fsp3) is 0.556. The SMILES string of the molecule is CC1(C)C=CCC(C)(C)N1CC(O)COc1ccccc1. The van der Waals surface area contributed by atoms with E-state index in [1.807, 2.05) is 30.3 Å². The van der Waals surface area contributed by atoms with Gasteiger partial charge in [-0.2, -0.15) is 0 Å². The number of hydrogen-bond donors (Lipinski definition) is 1. The van der Waals surface area contributed by atoms with Crippen molar-refractivity contribution in [3.05, 3.63) is 42.5 Å². The molecule has 1 aliphatic rings. The maximum atomic E-state index is 10.3. The normalized spacial score (nSPS) is 22.0. The molecule has 1 unspecified atom stereocenters. The third-order valence-corrected chi connectivity index (χ3v) is 4.15. The van der Waals surface area contributed by atoms with Crippen LogP contribution in [0.2, 0.25) is 0 Å². The summed E-state index contributed by atoms with van der Waals surface area (Å²) in [6.07, 6.45) is 4.96. The first-order valence-corrected chi connectivity index (χ1v) is 7.63. The average molecular weight is 289 g/mol. The van der Waals surface area contributed by atoms with Gasteiger partial charge in [-0.05, 0) is 46.2 Å². The fourth-order valence-electron chi connectivity index (χ4n) is 3.07. The molecule has 0 bridgehead atoms. The second-order valence-electron chi connectivity index (χ2n) is 6.96. The van der Waals surface area contributed by atoms with Crippen LogP contribution in [0.1, 0.15) is 34.1 Å². The van der Waals surface area contributed by atoms with Crippen LogP contribution in [-0.4, -0.2) is 40.3 Å². The summed E-state index contributed by atoms with van der Waals surface area (Å²) in [6.45, 7) is 9.75. The Bertz CT molecular complexity index is 479. The van der Waals surface area contributed by atoms with Gasteiger partial charge in [0.1, 0.15) is 18.5 Å². The van der Waals surface area contributed by atoms with Crippen LogP contribution in [0, 0.1) is 0 Å². The van der Waals surface area contributed by atoms with Gasteiger partial charge in [-0.25, -0.2) is 0 Å². The molecule has 1 N–H and O–H groups in total. The molecule has 1 aromatic rings. The maximum absolute atomic E-state index is 10.3. The number of nitrogens with zero attached hydrogens (tertiary/aromatic N) is 1. The minimum absolute atomic E-state index is 0.0462. The number of para-hydroxylation sites is 1. The number of benzene rings is 1. The van der Waals surface area contributed by atoms with Crippen LogP contribution in [0.4, 0.5) is 0 Å². The van der Waals surface area contributed by atoms with E-state index in [-0.39, 0.29) is 11.1 Å². The van der Waals surface area contributed by atoms with Crippen molar-refractivity contribution in [3.8, 4) is 5.75 Å². The zero-order valence-electron chi connectivity index (χ0n) is 13.5. The third kappa shape index (κ3) is 4.08. The molecular formula is C18H27NO2. The molecule has 0 aliphatic carbocycles. The number of aliphatic hydroxyl groups excluding tert-OH is 1. The van der Waals surface area contributed by atoms with Crippen molar-refractivity contribution >= 4 is 0 Å². The number of hydrogen-bond acceptors (Lipinski definition) is 3. The standard InChI is InChI=1S/C18H27NO2/c1-17(2)11-8-12-18(3,4)19(17)13-15(20)14-21-16-9-6-5-7-10-16/h5-11,15,20H,12-14H2,1-4H3. The van der Waals surface area contributed by atoms with Crippen LogP contribution >= 0.6 is 0 Å². The van der Waals surface area contributed by atoms with E-state index in [2.05, 4.69) is 44.7 Å². The van der Waals surface area contributed by atoms with Crippen molar-refractivity contribution in [2.24, 2.45) is 0 Å². The molecule has 0 saturated heterocycles. The highest BCUT2D eigenvalue weighted by atomic mass is 16.5. The van der Waals surface area contributed by atoms with Crippen molar-refractivity contribution < 1.29 is 9.84 Å². The summed E-state index contributed by atoms with van der Waals surface area (Å²) < 4.78 is 5.65. The molecule has 3 nitrogen and oxygen atoms in total. The van der Waals surface area contributed by atoms with E-state index < -0.39 is 6.10 Å². The van der Waals surface area contributed by atoms with Gasteiger partial charge in [-0.15, -0.1) is 0 Å². The summed E-state index contributed by atoms with van der Waals surface area (Å²) >= 11 is 0. The molecule has 0 radical (unpaired) electrons. The number of β-amino-alcohol motifs (C(OH)–C–C–N with tert-alkyl or cyclic N) is 1. The van der Waals surface area contributed by atoms with E-state index in [0.717, 1.165) is 12.2 Å². The van der Waals surface area contributed by atoms with Gasteiger partial charge >= 0.3 is 0 Å². The Morgan fingerprint density at radius 3 is 2.48 bits per heavy atom. The summed E-state index contributed by atoms with van der Waals surface area (Å²) in [5, 5.41) is 10.3. The number of rotatable bonds is 5. The summed E-state index contributed by atoms with van der Waals surface area (Å²) in [4.78, 5) is 2.36. The molecule has 2 rings (SSSR count). The van der Waals surface area contributed by atoms with E-state index in [1.165, 1.54) is 0 Å². The van der Waals surface area contributed by atoms with E-state index in [0.29, 0.717) is 13.2 Å². The predicted molar refractivity (Wildman–Crippen MR) is 86.6 cm³/mol. The summed E-state index contributed by atoms with van der Waals surface area (Å²) in [6, 6.07) is 9.63. The maximum Gasteiger partial charge on any atom is 0.119 e. The lowest BCUT2D eigenvalue weighted by Crippen LogP contribution is -2.59. The lowest BCUT2D eigenvalue weighted by atomic mass is 9.84. The zero-order valence-corrected chi connectivity index (χ0v) is 13.5. The van der Waals surface area contributed by atoms with Crippen molar-refractivity contribution in [1.29, 1.82) is 0 Å². The highest BCUT2D eigenvalue weighted by Crippen LogP contribution is 2.33. The molecule has 0 spiro atoms. The third-order valence-electron chi connectivity index (χ3n) is 4.15. The van der Waals surface area contributed by atoms with Gasteiger partial charge < -0.3 is 9.84 Å². The van der Waals surface area contributed by atoms with Crippen molar-refractivity contribution in [2.45, 2.75) is 51.3 Å². The lowest BCUT2D eigenvalue weighted by molar-refractivity contribution is -0.0190. The van der Waals surface area contributed by atoms with Crippen molar-refractivity contribution in [1.82, 2.24) is 4.90 Å². The van der Waals surface area contributed by atoms with Gasteiger partial charge in [0.15, 0.2) is 0 Å². The van der Waals surface area contributed by atoms with Gasteiger partial charge in [0.2, 0.25) is 0 Å². The first kappa shape index (κ1) is 16.1. The largest absolute Gasteiger partial charge is 0.491 e. The molecular weight excluding hydrogens is 262 g/mol. The van der Waals surface area contributed by atoms with Crippen molar-refractivity contribution in [3.63, 3.8) is 0 Å². The van der Waals surface area contributed by atoms with Gasteiger partial charge in [0.25, 0.3) is 0 Å². The van der Waals surface area contributed by atoms with E-state index in [1.54, 1.807) is 0 Å². The quantitative estimate of drug-likeness (QED) is 0.845. The molecule has 3 heteroatoms. The number of ether oxygens (including phenoxy) is 1. The Morgan fingerprint density at radius 2 is 1.86 bits per heavy atom. The van der Waals surface area contributed by atoms with Gasteiger partial charge in [0, 0.05) is 17.6 Å². The monoisotopic (exact) mass is 289 g/mol. The molecule has 1 aliphatic heterocycles. The molecule has 1 heterocycles. The molecule has 1 aromatic carbocycles. The van der Waals surface area contributed by atoms with Crippen LogP contribution in [0.25, 0.3) is 0 Å². The molecule has 0 aromatic heterocycles. The molecule has 116 valence electrons. The zero-order chi connectivity index (χ0) is 15.5. The van der Waals surface area contributed by atoms with Crippen LogP contribution < -0.4 is 4.74 Å². The second kappa shape index (κ2) is 6.20. The van der Waals surface area contributed by atoms with E-state index in [4.69, 9.17) is 4.74 Å². The number of aliphatic hydroxyl groups is 1. The van der Waals surface area contributed by atoms with Crippen LogP contribution in [0.15, 0.2) is 42.5 Å². The molecule has 0 amide bonds. The summed E-state index contributed by atoms with van der Waals surface area (Å²) in [7, 11) is 0. The van der Waals surface area contributed by atoms with Gasteiger partial charge in [0.05, 0.1) is 0 Å². The van der Waals surface area contributed by atoms with Crippen LogP contribution in [0.5, 0.6) is 5.75 Å². The van der Waals surface area contributed by atoms with Crippen molar-refractivity contribution in [2.75, 3.05) is 13.2 Å². The van der Waals surface area contributed by atoms with E-state index in [9.17, 15) is 5.11 Å². The first-order chi connectivity index (χ1) is 9.81. The van der Waals surface area contributed by atoms with Crippen LogP contribution in [-0.2, 0) is 0 Å².